The molecule has 0 aliphatic rings. The highest BCUT2D eigenvalue weighted by Crippen LogP contribution is 2.21. The number of nitrogens with zero attached hydrogens (tertiary/aromatic N) is 4. The zero-order valence-electron chi connectivity index (χ0n) is 9.37. The van der Waals surface area contributed by atoms with Gasteiger partial charge in [-0.3, -0.25) is 16.3 Å². The first kappa shape index (κ1) is 12.8. The van der Waals surface area contributed by atoms with Crippen LogP contribution in [0.3, 0.4) is 0 Å². The van der Waals surface area contributed by atoms with Crippen LogP contribution >= 0.6 is 11.5 Å². The Hall–Kier alpha value is -1.31. The summed E-state index contributed by atoms with van der Waals surface area (Å²) in [4.78, 5) is 8.41. The second-order valence-corrected chi connectivity index (χ2v) is 4.00. The van der Waals surface area contributed by atoms with Gasteiger partial charge in [0, 0.05) is 18.3 Å². The van der Waals surface area contributed by atoms with Crippen molar-refractivity contribution in [2.24, 2.45) is 11.7 Å². The molecule has 1 unspecified atom stereocenters. The number of hydrazine groups is 1. The number of hydrogen-bond donors (Lipinski definition) is 2. The van der Waals surface area contributed by atoms with Crippen molar-refractivity contribution in [1.82, 2.24) is 18.9 Å². The summed E-state index contributed by atoms with van der Waals surface area (Å²) in [6, 6.07) is 0. The molecule has 88 valence electrons. The summed E-state index contributed by atoms with van der Waals surface area (Å²) in [6.45, 7) is 4.32. The first-order chi connectivity index (χ1) is 7.81. The molecule has 0 aliphatic heterocycles. The molecule has 6 nitrogen and oxygen atoms in total. The van der Waals surface area contributed by atoms with Gasteiger partial charge in [-0.2, -0.15) is 4.37 Å². The number of imidazole rings is 1. The van der Waals surface area contributed by atoms with Gasteiger partial charge < -0.3 is 0 Å². The second kappa shape index (κ2) is 6.31. The van der Waals surface area contributed by atoms with E-state index >= 15 is 0 Å². The molecule has 0 aliphatic carbocycles. The summed E-state index contributed by atoms with van der Waals surface area (Å²) >= 11 is 1.47. The average Bonchev–Trinajstić information content (AvgIpc) is 3.00. The molecule has 2 aromatic heterocycles. The fraction of sp³-hybridized carbons (Fsp3) is 0.444. The van der Waals surface area contributed by atoms with Gasteiger partial charge in [0.05, 0.1) is 0 Å². The standard InChI is InChI=1S/C9H12N4S.H4N2/c1-3-7(2)8-11-9(12-14-8)13-5-4-10-6-13;1-2/h4-7H,3H2,1-2H3;1-2H2. The number of aromatic nitrogens is 4. The molecule has 1 atom stereocenters. The minimum atomic E-state index is 0.491. The summed E-state index contributed by atoms with van der Waals surface area (Å²) in [6.07, 6.45) is 6.38. The smallest absolute Gasteiger partial charge is 0.246 e. The van der Waals surface area contributed by atoms with Crippen LogP contribution in [0.4, 0.5) is 0 Å². The lowest BCUT2D eigenvalue weighted by Crippen LogP contribution is -2.02. The fourth-order valence-corrected chi connectivity index (χ4v) is 1.86. The van der Waals surface area contributed by atoms with E-state index < -0.39 is 0 Å². The maximum Gasteiger partial charge on any atom is 0.246 e. The highest BCUT2D eigenvalue weighted by Gasteiger charge is 2.10. The van der Waals surface area contributed by atoms with Crippen molar-refractivity contribution >= 4 is 11.5 Å². The van der Waals surface area contributed by atoms with Gasteiger partial charge in [0.1, 0.15) is 11.3 Å². The lowest BCUT2D eigenvalue weighted by molar-refractivity contribution is 0.723. The van der Waals surface area contributed by atoms with Gasteiger partial charge in [-0.05, 0) is 18.0 Å². The molecule has 0 fully saturated rings. The summed E-state index contributed by atoms with van der Waals surface area (Å²) in [5.41, 5.74) is 0. The average molecular weight is 240 g/mol. The Labute approximate surface area is 98.5 Å². The largest absolute Gasteiger partial charge is 0.274 e. The second-order valence-electron chi connectivity index (χ2n) is 3.21. The van der Waals surface area contributed by atoms with E-state index in [-0.39, 0.29) is 0 Å². The summed E-state index contributed by atoms with van der Waals surface area (Å²) < 4.78 is 6.10. The highest BCUT2D eigenvalue weighted by molar-refractivity contribution is 7.05. The van der Waals surface area contributed by atoms with Crippen LogP contribution in [-0.2, 0) is 0 Å². The number of nitrogens with two attached hydrogens (primary N) is 2. The predicted octanol–water partition coefficient (Wildman–Crippen LogP) is 1.06. The number of hydrogen-bond acceptors (Lipinski definition) is 6. The van der Waals surface area contributed by atoms with E-state index in [1.165, 1.54) is 11.5 Å². The summed E-state index contributed by atoms with van der Waals surface area (Å²) in [7, 11) is 0. The molecule has 2 heterocycles. The van der Waals surface area contributed by atoms with Crippen LogP contribution in [0, 0.1) is 0 Å². The fourth-order valence-electron chi connectivity index (χ4n) is 1.08. The SMILES string of the molecule is CCC(C)c1nc(-n2ccnc2)ns1.NN. The summed E-state index contributed by atoms with van der Waals surface area (Å²) in [5, 5.41) is 1.09. The van der Waals surface area contributed by atoms with Crippen LogP contribution in [0.5, 0.6) is 0 Å². The van der Waals surface area contributed by atoms with Gasteiger partial charge in [-0.25, -0.2) is 9.97 Å². The first-order valence-electron chi connectivity index (χ1n) is 4.96. The van der Waals surface area contributed by atoms with Crippen molar-refractivity contribution in [2.75, 3.05) is 0 Å². The van der Waals surface area contributed by atoms with Crippen molar-refractivity contribution in [1.29, 1.82) is 0 Å². The molecule has 0 saturated carbocycles. The van der Waals surface area contributed by atoms with Crippen molar-refractivity contribution in [3.05, 3.63) is 23.7 Å². The molecule has 7 heteroatoms. The van der Waals surface area contributed by atoms with Crippen LogP contribution in [0.25, 0.3) is 5.95 Å². The third-order valence-corrected chi connectivity index (χ3v) is 3.14. The molecule has 4 N–H and O–H groups in total. The highest BCUT2D eigenvalue weighted by atomic mass is 32.1. The van der Waals surface area contributed by atoms with E-state index in [9.17, 15) is 0 Å². The molecule has 16 heavy (non-hydrogen) atoms. The monoisotopic (exact) mass is 240 g/mol. The van der Waals surface area contributed by atoms with E-state index in [4.69, 9.17) is 0 Å². The quantitative estimate of drug-likeness (QED) is 0.617. The zero-order chi connectivity index (χ0) is 12.0. The Morgan fingerprint density at radius 1 is 1.50 bits per heavy atom. The predicted molar refractivity (Wildman–Crippen MR) is 64.1 cm³/mol. The van der Waals surface area contributed by atoms with Gasteiger partial charge >= 0.3 is 0 Å². The van der Waals surface area contributed by atoms with Crippen LogP contribution in [0.15, 0.2) is 18.7 Å². The van der Waals surface area contributed by atoms with Crippen molar-refractivity contribution in [2.45, 2.75) is 26.2 Å². The minimum absolute atomic E-state index is 0.491. The van der Waals surface area contributed by atoms with Crippen LogP contribution in [0.2, 0.25) is 0 Å². The Morgan fingerprint density at radius 2 is 2.25 bits per heavy atom. The molecule has 0 aromatic carbocycles. The van der Waals surface area contributed by atoms with Crippen molar-refractivity contribution in [3.63, 3.8) is 0 Å². The Balaban J connectivity index is 0.000000606. The van der Waals surface area contributed by atoms with Crippen LogP contribution in [-0.4, -0.2) is 18.9 Å². The third kappa shape index (κ3) is 2.84. The maximum absolute atomic E-state index is 4.45. The third-order valence-electron chi connectivity index (χ3n) is 2.20. The van der Waals surface area contributed by atoms with E-state index in [1.54, 1.807) is 12.5 Å². The van der Waals surface area contributed by atoms with E-state index in [1.807, 2.05) is 10.8 Å². The lowest BCUT2D eigenvalue weighted by atomic mass is 10.1. The zero-order valence-corrected chi connectivity index (χ0v) is 10.2. The Kier molecular flexibility index (Phi) is 5.03. The van der Waals surface area contributed by atoms with Gasteiger partial charge in [0.25, 0.3) is 0 Å². The Bertz CT molecular complexity index is 396. The molecule has 2 aromatic rings. The van der Waals surface area contributed by atoms with Crippen molar-refractivity contribution in [3.8, 4) is 5.95 Å². The van der Waals surface area contributed by atoms with E-state index in [2.05, 4.69) is 39.9 Å². The molecule has 0 radical (unpaired) electrons. The van der Waals surface area contributed by atoms with Gasteiger partial charge in [-0.1, -0.05) is 13.8 Å². The maximum atomic E-state index is 4.45. The van der Waals surface area contributed by atoms with Crippen molar-refractivity contribution < 1.29 is 0 Å². The van der Waals surface area contributed by atoms with Gasteiger partial charge in [-0.15, -0.1) is 0 Å². The lowest BCUT2D eigenvalue weighted by Gasteiger charge is -2.00. The first-order valence-corrected chi connectivity index (χ1v) is 5.74. The van der Waals surface area contributed by atoms with E-state index in [0.29, 0.717) is 5.92 Å². The van der Waals surface area contributed by atoms with Crippen LogP contribution in [0.1, 0.15) is 31.2 Å². The summed E-state index contributed by atoms with van der Waals surface area (Å²) in [5.74, 6) is 9.22. The molecule has 0 bridgehead atoms. The van der Waals surface area contributed by atoms with Crippen LogP contribution < -0.4 is 11.7 Å². The molecule has 0 spiro atoms. The minimum Gasteiger partial charge on any atom is -0.274 e. The Morgan fingerprint density at radius 3 is 2.81 bits per heavy atom. The van der Waals surface area contributed by atoms with Gasteiger partial charge in [0.15, 0.2) is 0 Å². The number of rotatable bonds is 3. The molecule has 0 amide bonds. The molecular formula is C9H16N6S. The van der Waals surface area contributed by atoms with E-state index in [0.717, 1.165) is 17.4 Å². The van der Waals surface area contributed by atoms with Gasteiger partial charge in [0.2, 0.25) is 5.95 Å². The molecular weight excluding hydrogens is 224 g/mol. The molecule has 2 rings (SSSR count). The normalized spacial score (nSPS) is 11.8. The topological polar surface area (TPSA) is 95.6 Å². The molecule has 0 saturated heterocycles.